The molecule has 0 aromatic heterocycles. The molecular formula is C27H37ClN2O4. The lowest BCUT2D eigenvalue weighted by molar-refractivity contribution is 0.0223. The standard InChI is InChI=1S/C14H19NO3.C13H17NO.ClH/c1-14(2,3)18-13(17)15-8-7-11-10(9-15)5-4-6-12(11)16;1-3-10-9-14-8-7-12(10)13(6-1)15-11-4-2-5-11;/h4-6,16H,7-9H2,1-3H3;1,3,6,11,14H,2,4-5,7-9H2;1H. The second-order valence-electron chi connectivity index (χ2n) is 10.1. The Bertz CT molecular complexity index is 985. The molecule has 2 N–H and O–H groups in total. The monoisotopic (exact) mass is 488 g/mol. The van der Waals surface area contributed by atoms with Crippen LogP contribution in [0.5, 0.6) is 11.5 Å². The molecule has 2 aliphatic heterocycles. The van der Waals surface area contributed by atoms with Gasteiger partial charge in [-0.15, -0.1) is 12.4 Å². The molecule has 7 heteroatoms. The zero-order valence-electron chi connectivity index (χ0n) is 20.4. The van der Waals surface area contributed by atoms with Crippen LogP contribution < -0.4 is 10.1 Å². The molecule has 2 heterocycles. The number of ether oxygens (including phenoxy) is 2. The summed E-state index contributed by atoms with van der Waals surface area (Å²) in [7, 11) is 0. The Balaban J connectivity index is 0.000000187. The lowest BCUT2D eigenvalue weighted by atomic mass is 9.95. The van der Waals surface area contributed by atoms with Gasteiger partial charge in [-0.05, 0) is 88.2 Å². The van der Waals surface area contributed by atoms with Crippen LogP contribution >= 0.6 is 12.4 Å². The largest absolute Gasteiger partial charge is 0.508 e. The van der Waals surface area contributed by atoms with Crippen molar-refractivity contribution in [2.75, 3.05) is 13.1 Å². The molecule has 0 atom stereocenters. The summed E-state index contributed by atoms with van der Waals surface area (Å²) in [5.74, 6) is 1.45. The number of nitrogens with one attached hydrogen (secondary N) is 1. The molecule has 0 unspecified atom stereocenters. The normalized spacial score (nSPS) is 17.1. The van der Waals surface area contributed by atoms with E-state index in [0.717, 1.165) is 36.4 Å². The summed E-state index contributed by atoms with van der Waals surface area (Å²) in [6.45, 7) is 8.73. The molecule has 2 aromatic carbocycles. The van der Waals surface area contributed by atoms with Gasteiger partial charge in [0.1, 0.15) is 17.1 Å². The molecule has 0 spiro atoms. The zero-order valence-corrected chi connectivity index (χ0v) is 21.2. The van der Waals surface area contributed by atoms with Crippen LogP contribution in [-0.2, 0) is 30.7 Å². The third kappa shape index (κ3) is 6.57. The Hall–Kier alpha value is -2.44. The Labute approximate surface area is 209 Å². The van der Waals surface area contributed by atoms with Gasteiger partial charge in [0.05, 0.1) is 6.10 Å². The molecule has 2 aromatic rings. The molecular weight excluding hydrogens is 452 g/mol. The average Bonchev–Trinajstić information content (AvgIpc) is 2.75. The molecule has 1 fully saturated rings. The Morgan fingerprint density at radius 3 is 2.50 bits per heavy atom. The number of carbonyl (C=O) groups excluding carboxylic acids is 1. The van der Waals surface area contributed by atoms with Crippen LogP contribution in [0.3, 0.4) is 0 Å². The van der Waals surface area contributed by atoms with E-state index >= 15 is 0 Å². The second-order valence-corrected chi connectivity index (χ2v) is 10.1. The number of hydrogen-bond donors (Lipinski definition) is 2. The van der Waals surface area contributed by atoms with E-state index < -0.39 is 5.60 Å². The second kappa shape index (κ2) is 11.3. The van der Waals surface area contributed by atoms with E-state index in [2.05, 4.69) is 23.5 Å². The number of carbonyl (C=O) groups is 1. The van der Waals surface area contributed by atoms with Crippen molar-refractivity contribution in [3.8, 4) is 11.5 Å². The predicted octanol–water partition coefficient (Wildman–Crippen LogP) is 5.37. The van der Waals surface area contributed by atoms with E-state index in [9.17, 15) is 9.90 Å². The van der Waals surface area contributed by atoms with Gasteiger partial charge in [0, 0.05) is 25.2 Å². The third-order valence-corrected chi connectivity index (χ3v) is 6.34. The highest BCUT2D eigenvalue weighted by Crippen LogP contribution is 2.31. The van der Waals surface area contributed by atoms with Gasteiger partial charge >= 0.3 is 6.09 Å². The molecule has 6 nitrogen and oxygen atoms in total. The van der Waals surface area contributed by atoms with Crippen LogP contribution in [0.25, 0.3) is 0 Å². The van der Waals surface area contributed by atoms with Crippen LogP contribution in [0.4, 0.5) is 4.79 Å². The van der Waals surface area contributed by atoms with Gasteiger partial charge < -0.3 is 24.8 Å². The first kappa shape index (κ1) is 26.2. The van der Waals surface area contributed by atoms with E-state index in [1.165, 1.54) is 30.4 Å². The van der Waals surface area contributed by atoms with E-state index in [1.807, 2.05) is 26.8 Å². The summed E-state index contributed by atoms with van der Waals surface area (Å²) < 4.78 is 11.4. The Morgan fingerprint density at radius 2 is 1.79 bits per heavy atom. The van der Waals surface area contributed by atoms with Gasteiger partial charge in [0.25, 0.3) is 0 Å². The van der Waals surface area contributed by atoms with Gasteiger partial charge in [0.2, 0.25) is 0 Å². The maximum atomic E-state index is 11.9. The molecule has 1 saturated carbocycles. The van der Waals surface area contributed by atoms with Crippen molar-refractivity contribution in [1.82, 2.24) is 10.2 Å². The van der Waals surface area contributed by atoms with Crippen molar-refractivity contribution in [1.29, 1.82) is 0 Å². The minimum Gasteiger partial charge on any atom is -0.508 e. The van der Waals surface area contributed by atoms with Crippen molar-refractivity contribution in [2.24, 2.45) is 0 Å². The molecule has 1 amide bonds. The number of halogens is 1. The summed E-state index contributed by atoms with van der Waals surface area (Å²) in [5, 5.41) is 13.1. The first-order valence-corrected chi connectivity index (χ1v) is 12.1. The van der Waals surface area contributed by atoms with Crippen molar-refractivity contribution in [3.63, 3.8) is 0 Å². The minimum absolute atomic E-state index is 0. The lowest BCUT2D eigenvalue weighted by Crippen LogP contribution is -2.39. The van der Waals surface area contributed by atoms with Gasteiger partial charge in [-0.2, -0.15) is 0 Å². The van der Waals surface area contributed by atoms with Crippen LogP contribution in [0, 0.1) is 0 Å². The molecule has 1 aliphatic carbocycles. The van der Waals surface area contributed by atoms with Crippen LogP contribution in [-0.4, -0.2) is 40.9 Å². The van der Waals surface area contributed by atoms with E-state index in [4.69, 9.17) is 9.47 Å². The van der Waals surface area contributed by atoms with Crippen molar-refractivity contribution >= 4 is 18.5 Å². The Morgan fingerprint density at radius 1 is 1.06 bits per heavy atom. The summed E-state index contributed by atoms with van der Waals surface area (Å²) in [5.41, 5.74) is 4.31. The number of fused-ring (bicyclic) bond motifs is 2. The van der Waals surface area contributed by atoms with Gasteiger partial charge in [-0.1, -0.05) is 24.3 Å². The highest BCUT2D eigenvalue weighted by atomic mass is 35.5. The number of benzene rings is 2. The van der Waals surface area contributed by atoms with Crippen molar-refractivity contribution in [2.45, 2.75) is 77.7 Å². The number of phenolic OH excluding ortho intramolecular Hbond substituents is 1. The summed E-state index contributed by atoms with van der Waals surface area (Å²) in [6.07, 6.45) is 5.78. The molecule has 186 valence electrons. The minimum atomic E-state index is -0.476. The highest BCUT2D eigenvalue weighted by molar-refractivity contribution is 5.85. The molecule has 3 aliphatic rings. The SMILES string of the molecule is CC(C)(C)OC(=O)N1CCc2c(O)cccc2C1.Cl.c1cc2c(c(OC3CCC3)c1)CCNC2. The van der Waals surface area contributed by atoms with E-state index in [-0.39, 0.29) is 18.5 Å². The number of phenols is 1. The quantitative estimate of drug-likeness (QED) is 0.594. The first-order valence-electron chi connectivity index (χ1n) is 12.1. The molecule has 34 heavy (non-hydrogen) atoms. The van der Waals surface area contributed by atoms with Gasteiger partial charge in [-0.3, -0.25) is 0 Å². The highest BCUT2D eigenvalue weighted by Gasteiger charge is 2.26. The fraction of sp³-hybridized carbons (Fsp3) is 0.519. The van der Waals surface area contributed by atoms with Crippen LogP contribution in [0.2, 0.25) is 0 Å². The van der Waals surface area contributed by atoms with Crippen molar-refractivity contribution < 1.29 is 19.4 Å². The predicted molar refractivity (Wildman–Crippen MR) is 136 cm³/mol. The third-order valence-electron chi connectivity index (χ3n) is 6.34. The maximum Gasteiger partial charge on any atom is 0.410 e. The molecule has 0 radical (unpaired) electrons. The number of amides is 1. The fourth-order valence-corrected chi connectivity index (χ4v) is 4.35. The zero-order chi connectivity index (χ0) is 23.4. The van der Waals surface area contributed by atoms with Gasteiger partial charge in [-0.25, -0.2) is 4.79 Å². The van der Waals surface area contributed by atoms with E-state index in [0.29, 0.717) is 31.4 Å². The molecule has 0 saturated heterocycles. The average molecular weight is 489 g/mol. The number of rotatable bonds is 2. The summed E-state index contributed by atoms with van der Waals surface area (Å²) in [4.78, 5) is 13.6. The lowest BCUT2D eigenvalue weighted by Gasteiger charge is -2.31. The smallest absolute Gasteiger partial charge is 0.410 e. The topological polar surface area (TPSA) is 71.0 Å². The van der Waals surface area contributed by atoms with Crippen LogP contribution in [0.15, 0.2) is 36.4 Å². The number of hydrogen-bond acceptors (Lipinski definition) is 5. The Kier molecular flexibility index (Phi) is 8.72. The molecule has 0 bridgehead atoms. The summed E-state index contributed by atoms with van der Waals surface area (Å²) in [6, 6.07) is 11.9. The molecule has 5 rings (SSSR count). The van der Waals surface area contributed by atoms with E-state index in [1.54, 1.807) is 17.0 Å². The van der Waals surface area contributed by atoms with Crippen LogP contribution in [0.1, 0.15) is 62.3 Å². The first-order chi connectivity index (χ1) is 15.8. The number of aromatic hydroxyl groups is 1. The summed E-state index contributed by atoms with van der Waals surface area (Å²) >= 11 is 0. The maximum absolute atomic E-state index is 11.9. The van der Waals surface area contributed by atoms with Crippen molar-refractivity contribution in [3.05, 3.63) is 58.7 Å². The number of nitrogens with zero attached hydrogens (tertiary/aromatic N) is 1. The van der Waals surface area contributed by atoms with Gasteiger partial charge in [0.15, 0.2) is 0 Å². The fourth-order valence-electron chi connectivity index (χ4n) is 4.35.